The molecule has 122 valence electrons. The first-order chi connectivity index (χ1) is 11.2. The molecule has 1 aliphatic carbocycles. The smallest absolute Gasteiger partial charge is 0.230 e. The molecule has 0 radical (unpaired) electrons. The number of hydrogen-bond donors (Lipinski definition) is 1. The number of aryl methyl sites for hydroxylation is 1. The van der Waals surface area contributed by atoms with Crippen molar-refractivity contribution >= 4 is 17.2 Å². The van der Waals surface area contributed by atoms with Crippen LogP contribution < -0.4 is 5.32 Å². The number of carbonyl (C=O) groups excluding carboxylic acids is 1. The highest BCUT2D eigenvalue weighted by molar-refractivity contribution is 7.09. The molecule has 3 heterocycles. The topological polar surface area (TPSA) is 50.2 Å². The lowest BCUT2D eigenvalue weighted by Crippen LogP contribution is -2.48. The first-order valence-electron chi connectivity index (χ1n) is 8.26. The second kappa shape index (κ2) is 6.09. The second-order valence-corrected chi connectivity index (χ2v) is 7.58. The van der Waals surface area contributed by atoms with Gasteiger partial charge in [0.1, 0.15) is 0 Å². The maximum absolute atomic E-state index is 12.8. The van der Waals surface area contributed by atoms with E-state index in [0.29, 0.717) is 12.6 Å². The Morgan fingerprint density at radius 2 is 2.35 bits per heavy atom. The number of imidazole rings is 1. The fraction of sp³-hybridized carbons (Fsp3) is 0.529. The fourth-order valence-corrected chi connectivity index (χ4v) is 4.23. The minimum Gasteiger partial charge on any atom is -0.351 e. The Morgan fingerprint density at radius 1 is 1.48 bits per heavy atom. The van der Waals surface area contributed by atoms with Crippen LogP contribution in [0.25, 0.3) is 0 Å². The number of nitrogens with one attached hydrogen (secondary N) is 1. The molecule has 2 aliphatic rings. The molecule has 1 unspecified atom stereocenters. The normalized spacial score (nSPS) is 21.7. The molecule has 0 spiro atoms. The quantitative estimate of drug-likeness (QED) is 0.935. The molecule has 1 amide bonds. The highest BCUT2D eigenvalue weighted by Gasteiger charge is 2.37. The minimum atomic E-state index is -0.119. The van der Waals surface area contributed by atoms with Gasteiger partial charge in [-0.25, -0.2) is 4.98 Å². The predicted octanol–water partition coefficient (Wildman–Crippen LogP) is 2.25. The Bertz CT molecular complexity index is 690. The van der Waals surface area contributed by atoms with Crippen molar-refractivity contribution < 1.29 is 4.79 Å². The highest BCUT2D eigenvalue weighted by atomic mass is 32.1. The zero-order valence-corrected chi connectivity index (χ0v) is 14.2. The van der Waals surface area contributed by atoms with E-state index in [-0.39, 0.29) is 11.8 Å². The van der Waals surface area contributed by atoms with E-state index in [1.807, 2.05) is 29.4 Å². The molecule has 23 heavy (non-hydrogen) atoms. The van der Waals surface area contributed by atoms with Crippen LogP contribution in [0, 0.1) is 0 Å². The zero-order valence-electron chi connectivity index (χ0n) is 13.4. The van der Waals surface area contributed by atoms with Crippen molar-refractivity contribution in [3.05, 3.63) is 40.1 Å². The number of fused-ring (bicyclic) bond motifs is 1. The van der Waals surface area contributed by atoms with Crippen molar-refractivity contribution in [2.75, 3.05) is 6.54 Å². The lowest BCUT2D eigenvalue weighted by atomic mass is 9.87. The van der Waals surface area contributed by atoms with Gasteiger partial charge in [0, 0.05) is 31.1 Å². The number of nitrogens with zero attached hydrogens (tertiary/aromatic N) is 3. The summed E-state index contributed by atoms with van der Waals surface area (Å²) in [5.41, 5.74) is 2.16. The van der Waals surface area contributed by atoms with Crippen LogP contribution in [-0.2, 0) is 24.9 Å². The Hall–Kier alpha value is -1.66. The Labute approximate surface area is 140 Å². The third-order valence-electron chi connectivity index (χ3n) is 5.09. The lowest BCUT2D eigenvalue weighted by molar-refractivity contribution is -0.124. The van der Waals surface area contributed by atoms with E-state index in [9.17, 15) is 4.79 Å². The van der Waals surface area contributed by atoms with Crippen LogP contribution in [0.15, 0.2) is 23.8 Å². The lowest BCUT2D eigenvalue weighted by Gasteiger charge is -2.41. The second-order valence-electron chi connectivity index (χ2n) is 6.55. The van der Waals surface area contributed by atoms with Gasteiger partial charge in [0.15, 0.2) is 0 Å². The number of amides is 1. The van der Waals surface area contributed by atoms with Crippen LogP contribution in [-0.4, -0.2) is 32.9 Å². The third kappa shape index (κ3) is 2.81. The minimum absolute atomic E-state index is 0.118. The summed E-state index contributed by atoms with van der Waals surface area (Å²) in [5, 5.41) is 5.15. The van der Waals surface area contributed by atoms with Gasteiger partial charge in [-0.3, -0.25) is 9.69 Å². The molecule has 1 fully saturated rings. The Morgan fingerprint density at radius 3 is 3.04 bits per heavy atom. The van der Waals surface area contributed by atoms with E-state index >= 15 is 0 Å². The maximum atomic E-state index is 12.8. The molecule has 2 aromatic rings. The van der Waals surface area contributed by atoms with Gasteiger partial charge in [-0.15, -0.1) is 11.3 Å². The van der Waals surface area contributed by atoms with E-state index in [2.05, 4.69) is 21.3 Å². The SMILES string of the molecule is Cn1cnc2c1C(C(=O)NCc1cccs1)CN(C1CCC1)C2. The fourth-order valence-electron chi connectivity index (χ4n) is 3.58. The average molecular weight is 330 g/mol. The summed E-state index contributed by atoms with van der Waals surface area (Å²) in [5.74, 6) is -0.000847. The first-order valence-corrected chi connectivity index (χ1v) is 9.14. The molecular weight excluding hydrogens is 308 g/mol. The molecule has 1 aliphatic heterocycles. The molecule has 1 saturated carbocycles. The van der Waals surface area contributed by atoms with Crippen molar-refractivity contribution in [1.29, 1.82) is 0 Å². The van der Waals surface area contributed by atoms with Crippen LogP contribution in [0.3, 0.4) is 0 Å². The molecule has 0 aromatic carbocycles. The summed E-state index contributed by atoms with van der Waals surface area (Å²) in [6.45, 7) is 2.31. The maximum Gasteiger partial charge on any atom is 0.230 e. The molecule has 0 saturated heterocycles. The average Bonchev–Trinajstić information content (AvgIpc) is 3.13. The summed E-state index contributed by atoms with van der Waals surface area (Å²) < 4.78 is 2.02. The number of thiophene rings is 1. The molecule has 1 atom stereocenters. The highest BCUT2D eigenvalue weighted by Crippen LogP contribution is 2.34. The van der Waals surface area contributed by atoms with Crippen LogP contribution in [0.2, 0.25) is 0 Å². The number of hydrogen-bond acceptors (Lipinski definition) is 4. The summed E-state index contributed by atoms with van der Waals surface area (Å²) in [6.07, 6.45) is 5.66. The van der Waals surface area contributed by atoms with E-state index in [1.165, 1.54) is 24.1 Å². The zero-order chi connectivity index (χ0) is 15.8. The van der Waals surface area contributed by atoms with Crippen molar-refractivity contribution in [3.63, 3.8) is 0 Å². The monoisotopic (exact) mass is 330 g/mol. The predicted molar refractivity (Wildman–Crippen MR) is 90.2 cm³/mol. The van der Waals surface area contributed by atoms with Crippen molar-refractivity contribution in [1.82, 2.24) is 19.8 Å². The summed E-state index contributed by atoms with van der Waals surface area (Å²) in [6, 6.07) is 4.71. The molecule has 0 bridgehead atoms. The Balaban J connectivity index is 1.52. The van der Waals surface area contributed by atoms with Crippen LogP contribution >= 0.6 is 11.3 Å². The van der Waals surface area contributed by atoms with Crippen molar-refractivity contribution in [2.45, 2.75) is 44.3 Å². The number of rotatable bonds is 4. The summed E-state index contributed by atoms with van der Waals surface area (Å²) >= 11 is 1.68. The molecule has 4 rings (SSSR count). The van der Waals surface area contributed by atoms with Gasteiger partial charge in [-0.1, -0.05) is 12.5 Å². The van der Waals surface area contributed by atoms with Crippen LogP contribution in [0.1, 0.15) is 41.4 Å². The molecule has 2 aromatic heterocycles. The molecule has 1 N–H and O–H groups in total. The Kier molecular flexibility index (Phi) is 3.95. The van der Waals surface area contributed by atoms with Crippen LogP contribution in [0.4, 0.5) is 0 Å². The van der Waals surface area contributed by atoms with E-state index in [1.54, 1.807) is 11.3 Å². The van der Waals surface area contributed by atoms with Crippen LogP contribution in [0.5, 0.6) is 0 Å². The largest absolute Gasteiger partial charge is 0.351 e. The number of carbonyl (C=O) groups is 1. The summed E-state index contributed by atoms with van der Waals surface area (Å²) in [4.78, 5) is 21.0. The van der Waals surface area contributed by atoms with E-state index in [4.69, 9.17) is 0 Å². The van der Waals surface area contributed by atoms with Gasteiger partial charge in [0.25, 0.3) is 0 Å². The molecule has 5 nitrogen and oxygen atoms in total. The van der Waals surface area contributed by atoms with Gasteiger partial charge in [0.2, 0.25) is 5.91 Å². The summed E-state index contributed by atoms with van der Waals surface area (Å²) in [7, 11) is 1.99. The first kappa shape index (κ1) is 14.9. The van der Waals surface area contributed by atoms with Gasteiger partial charge < -0.3 is 9.88 Å². The van der Waals surface area contributed by atoms with Gasteiger partial charge in [-0.05, 0) is 24.3 Å². The van der Waals surface area contributed by atoms with Gasteiger partial charge >= 0.3 is 0 Å². The standard InChI is InChI=1S/C17H22N4OS/c1-20-11-19-15-10-21(12-4-2-5-12)9-14(16(15)20)17(22)18-8-13-6-3-7-23-13/h3,6-7,11-12,14H,2,4-5,8-10H2,1H3,(H,18,22). The number of aromatic nitrogens is 2. The van der Waals surface area contributed by atoms with E-state index < -0.39 is 0 Å². The van der Waals surface area contributed by atoms with Crippen molar-refractivity contribution in [2.24, 2.45) is 7.05 Å². The van der Waals surface area contributed by atoms with Gasteiger partial charge in [0.05, 0.1) is 30.2 Å². The van der Waals surface area contributed by atoms with E-state index in [0.717, 1.165) is 24.5 Å². The third-order valence-corrected chi connectivity index (χ3v) is 5.96. The molecular formula is C17H22N4OS. The van der Waals surface area contributed by atoms with Gasteiger partial charge in [-0.2, -0.15) is 0 Å². The molecule has 6 heteroatoms. The van der Waals surface area contributed by atoms with Crippen molar-refractivity contribution in [3.8, 4) is 0 Å².